The quantitative estimate of drug-likeness (QED) is 0.731. The molecule has 0 bridgehead atoms. The van der Waals surface area contributed by atoms with Crippen LogP contribution < -0.4 is 5.32 Å². The normalized spacial score (nSPS) is 26.4. The van der Waals surface area contributed by atoms with E-state index in [1.807, 2.05) is 0 Å². The number of hydrogen-bond acceptors (Lipinski definition) is 2. The smallest absolute Gasteiger partial charge is 0.0431 e. The minimum absolute atomic E-state index is 0.252. The molecule has 0 aromatic carbocycles. The standard InChI is InChI=1S/C12H25NO/c1-11(2)8-10(6-5-7-14)9-12(3,4)13-11/h10,13-14H,5-9H2,1-4H3. The molecule has 0 spiro atoms. The highest BCUT2D eigenvalue weighted by atomic mass is 16.2. The summed E-state index contributed by atoms with van der Waals surface area (Å²) in [7, 11) is 0. The SMILES string of the molecule is CC1(C)CC(CCCO)CC(C)(C)N1. The molecule has 1 rings (SSSR count). The van der Waals surface area contributed by atoms with Gasteiger partial charge in [-0.1, -0.05) is 0 Å². The monoisotopic (exact) mass is 199 g/mol. The Kier molecular flexibility index (Phi) is 3.59. The highest BCUT2D eigenvalue weighted by Crippen LogP contribution is 2.34. The van der Waals surface area contributed by atoms with Crippen LogP contribution in [0.2, 0.25) is 0 Å². The fraction of sp³-hybridized carbons (Fsp3) is 1.00. The Morgan fingerprint density at radius 1 is 1.14 bits per heavy atom. The van der Waals surface area contributed by atoms with Gasteiger partial charge in [-0.3, -0.25) is 0 Å². The zero-order valence-electron chi connectivity index (χ0n) is 10.1. The number of aliphatic hydroxyl groups is 1. The average molecular weight is 199 g/mol. The van der Waals surface area contributed by atoms with Crippen LogP contribution in [0.4, 0.5) is 0 Å². The van der Waals surface area contributed by atoms with E-state index in [4.69, 9.17) is 5.11 Å². The average Bonchev–Trinajstić information content (AvgIpc) is 1.94. The number of aliphatic hydroxyl groups excluding tert-OH is 1. The molecule has 2 N–H and O–H groups in total. The van der Waals surface area contributed by atoms with E-state index in [9.17, 15) is 0 Å². The molecule has 0 aromatic rings. The molecular weight excluding hydrogens is 174 g/mol. The molecule has 1 aliphatic heterocycles. The van der Waals surface area contributed by atoms with Gasteiger partial charge in [0.2, 0.25) is 0 Å². The molecule has 0 aromatic heterocycles. The molecule has 0 saturated carbocycles. The van der Waals surface area contributed by atoms with Crippen LogP contribution in [0.15, 0.2) is 0 Å². The van der Waals surface area contributed by atoms with Gasteiger partial charge in [-0.2, -0.15) is 0 Å². The number of piperidine rings is 1. The van der Waals surface area contributed by atoms with Crippen molar-refractivity contribution < 1.29 is 5.11 Å². The molecule has 0 unspecified atom stereocenters. The maximum absolute atomic E-state index is 8.84. The summed E-state index contributed by atoms with van der Waals surface area (Å²) in [6.45, 7) is 9.45. The molecule has 0 atom stereocenters. The topological polar surface area (TPSA) is 32.3 Å². The second-order valence-corrected chi connectivity index (χ2v) is 6.03. The molecule has 0 aliphatic carbocycles. The zero-order chi connectivity index (χ0) is 10.8. The van der Waals surface area contributed by atoms with Crippen molar-refractivity contribution in [3.05, 3.63) is 0 Å². The first-order valence-corrected chi connectivity index (χ1v) is 5.75. The van der Waals surface area contributed by atoms with E-state index in [2.05, 4.69) is 33.0 Å². The summed E-state index contributed by atoms with van der Waals surface area (Å²) >= 11 is 0. The lowest BCUT2D eigenvalue weighted by Crippen LogP contribution is -2.57. The highest BCUT2D eigenvalue weighted by molar-refractivity contribution is 4.96. The Hall–Kier alpha value is -0.0800. The molecule has 2 heteroatoms. The fourth-order valence-electron chi connectivity index (χ4n) is 3.12. The van der Waals surface area contributed by atoms with Crippen LogP contribution in [-0.4, -0.2) is 22.8 Å². The van der Waals surface area contributed by atoms with Gasteiger partial charge in [-0.15, -0.1) is 0 Å². The molecule has 0 amide bonds. The van der Waals surface area contributed by atoms with Crippen molar-refractivity contribution >= 4 is 0 Å². The van der Waals surface area contributed by atoms with Crippen LogP contribution in [0.1, 0.15) is 53.4 Å². The maximum atomic E-state index is 8.84. The van der Waals surface area contributed by atoms with Crippen LogP contribution in [-0.2, 0) is 0 Å². The Morgan fingerprint density at radius 2 is 1.64 bits per heavy atom. The van der Waals surface area contributed by atoms with Crippen molar-refractivity contribution in [2.45, 2.75) is 64.5 Å². The predicted molar refractivity (Wildman–Crippen MR) is 60.3 cm³/mol. The largest absolute Gasteiger partial charge is 0.396 e. The molecule has 0 radical (unpaired) electrons. The second kappa shape index (κ2) is 4.19. The summed E-state index contributed by atoms with van der Waals surface area (Å²) < 4.78 is 0. The van der Waals surface area contributed by atoms with Crippen LogP contribution in [0.3, 0.4) is 0 Å². The summed E-state index contributed by atoms with van der Waals surface area (Å²) in [5.41, 5.74) is 0.504. The third kappa shape index (κ3) is 3.58. The van der Waals surface area contributed by atoms with Gasteiger partial charge < -0.3 is 10.4 Å². The molecule has 14 heavy (non-hydrogen) atoms. The lowest BCUT2D eigenvalue weighted by Gasteiger charge is -2.46. The van der Waals surface area contributed by atoms with Crippen molar-refractivity contribution in [3.63, 3.8) is 0 Å². The van der Waals surface area contributed by atoms with E-state index in [0.29, 0.717) is 6.61 Å². The van der Waals surface area contributed by atoms with E-state index in [-0.39, 0.29) is 11.1 Å². The van der Waals surface area contributed by atoms with E-state index < -0.39 is 0 Å². The van der Waals surface area contributed by atoms with Crippen LogP contribution in [0.5, 0.6) is 0 Å². The van der Waals surface area contributed by atoms with Crippen molar-refractivity contribution in [1.29, 1.82) is 0 Å². The lowest BCUT2D eigenvalue weighted by molar-refractivity contribution is 0.117. The summed E-state index contributed by atoms with van der Waals surface area (Å²) in [5.74, 6) is 0.772. The van der Waals surface area contributed by atoms with Crippen molar-refractivity contribution in [1.82, 2.24) is 5.32 Å². The lowest BCUT2D eigenvalue weighted by atomic mass is 9.74. The minimum Gasteiger partial charge on any atom is -0.396 e. The van der Waals surface area contributed by atoms with Gasteiger partial charge in [0, 0.05) is 17.7 Å². The van der Waals surface area contributed by atoms with Gasteiger partial charge >= 0.3 is 0 Å². The Balaban J connectivity index is 2.53. The van der Waals surface area contributed by atoms with Gasteiger partial charge in [0.15, 0.2) is 0 Å². The van der Waals surface area contributed by atoms with Gasteiger partial charge in [0.25, 0.3) is 0 Å². The van der Waals surface area contributed by atoms with Gasteiger partial charge in [-0.05, 0) is 59.3 Å². The molecule has 2 nitrogen and oxygen atoms in total. The van der Waals surface area contributed by atoms with Crippen LogP contribution >= 0.6 is 0 Å². The summed E-state index contributed by atoms with van der Waals surface area (Å²) in [5, 5.41) is 12.5. The molecule has 84 valence electrons. The van der Waals surface area contributed by atoms with Crippen LogP contribution in [0, 0.1) is 5.92 Å². The molecule has 1 fully saturated rings. The van der Waals surface area contributed by atoms with Gasteiger partial charge in [0.05, 0.1) is 0 Å². The Labute approximate surface area is 88.1 Å². The second-order valence-electron chi connectivity index (χ2n) is 6.03. The number of rotatable bonds is 3. The predicted octanol–water partition coefficient (Wildman–Crippen LogP) is 2.32. The third-order valence-electron chi connectivity index (χ3n) is 3.05. The van der Waals surface area contributed by atoms with Gasteiger partial charge in [-0.25, -0.2) is 0 Å². The molecule has 1 heterocycles. The molecule has 1 aliphatic rings. The van der Waals surface area contributed by atoms with Gasteiger partial charge in [0.1, 0.15) is 0 Å². The number of hydrogen-bond donors (Lipinski definition) is 2. The first kappa shape index (κ1) is 12.0. The fourth-order valence-corrected chi connectivity index (χ4v) is 3.12. The maximum Gasteiger partial charge on any atom is 0.0431 e. The Morgan fingerprint density at radius 3 is 2.07 bits per heavy atom. The van der Waals surface area contributed by atoms with Crippen molar-refractivity contribution in [2.24, 2.45) is 5.92 Å². The van der Waals surface area contributed by atoms with E-state index >= 15 is 0 Å². The van der Waals surface area contributed by atoms with E-state index in [1.54, 1.807) is 0 Å². The summed E-state index contributed by atoms with van der Waals surface area (Å²) in [6.07, 6.45) is 4.59. The summed E-state index contributed by atoms with van der Waals surface area (Å²) in [4.78, 5) is 0. The number of nitrogens with one attached hydrogen (secondary N) is 1. The molecular formula is C12H25NO. The van der Waals surface area contributed by atoms with Crippen LogP contribution in [0.25, 0.3) is 0 Å². The third-order valence-corrected chi connectivity index (χ3v) is 3.05. The first-order valence-electron chi connectivity index (χ1n) is 5.75. The highest BCUT2D eigenvalue weighted by Gasteiger charge is 2.36. The first-order chi connectivity index (χ1) is 6.35. The van der Waals surface area contributed by atoms with E-state index in [1.165, 1.54) is 19.3 Å². The summed E-state index contributed by atoms with van der Waals surface area (Å²) in [6, 6.07) is 0. The molecule has 1 saturated heterocycles. The van der Waals surface area contributed by atoms with E-state index in [0.717, 1.165) is 12.3 Å². The van der Waals surface area contributed by atoms with Crippen molar-refractivity contribution in [2.75, 3.05) is 6.61 Å². The zero-order valence-corrected chi connectivity index (χ0v) is 10.1. The van der Waals surface area contributed by atoms with Crippen molar-refractivity contribution in [3.8, 4) is 0 Å². The minimum atomic E-state index is 0.252. The Bertz CT molecular complexity index is 171.